The minimum atomic E-state index is -3.49. The molecular formula is C23H22ClN3O5S2. The van der Waals surface area contributed by atoms with Crippen molar-refractivity contribution in [2.75, 3.05) is 19.3 Å². The van der Waals surface area contributed by atoms with Crippen LogP contribution in [0.1, 0.15) is 26.5 Å². The largest absolute Gasteiger partial charge is 0.347 e. The van der Waals surface area contributed by atoms with E-state index in [1.165, 1.54) is 14.9 Å². The van der Waals surface area contributed by atoms with Crippen molar-refractivity contribution in [1.82, 2.24) is 14.2 Å². The Balaban J connectivity index is 1.50. The van der Waals surface area contributed by atoms with E-state index in [0.717, 1.165) is 17.6 Å². The van der Waals surface area contributed by atoms with Crippen molar-refractivity contribution in [3.8, 4) is 5.69 Å². The molecule has 3 aromatic rings. The van der Waals surface area contributed by atoms with E-state index in [4.69, 9.17) is 11.6 Å². The highest BCUT2D eigenvalue weighted by molar-refractivity contribution is 7.88. The summed E-state index contributed by atoms with van der Waals surface area (Å²) in [5.74, 6) is -0.920. The van der Waals surface area contributed by atoms with E-state index in [2.05, 4.69) is 5.32 Å². The van der Waals surface area contributed by atoms with Gasteiger partial charge in [-0.25, -0.2) is 8.42 Å². The minimum absolute atomic E-state index is 0.0623. The third-order valence-electron chi connectivity index (χ3n) is 5.73. The Morgan fingerprint density at radius 3 is 2.44 bits per heavy atom. The normalized spacial score (nSPS) is 18.6. The lowest BCUT2D eigenvalue weighted by molar-refractivity contribution is 0.0905. The van der Waals surface area contributed by atoms with Crippen LogP contribution in [0.25, 0.3) is 5.69 Å². The van der Waals surface area contributed by atoms with Gasteiger partial charge in [0.25, 0.3) is 11.5 Å². The van der Waals surface area contributed by atoms with Gasteiger partial charge in [-0.15, -0.1) is 11.3 Å². The van der Waals surface area contributed by atoms with Gasteiger partial charge >= 0.3 is 0 Å². The fourth-order valence-electron chi connectivity index (χ4n) is 3.95. The standard InChI is InChI=1S/C23H22ClN3O5S2/c1-34(31,32)26-13-16(18(14-26)25-23(30)20-9-10-21(24)33-20)12-19(28)15-5-7-17(8-6-15)27-11-3-2-4-22(27)29/h2-11,16,18H,12-14H2,1H3,(H,25,30). The molecule has 11 heteroatoms. The zero-order valence-corrected chi connectivity index (χ0v) is 20.6. The van der Waals surface area contributed by atoms with Gasteiger partial charge in [0, 0.05) is 55.0 Å². The Hall–Kier alpha value is -2.79. The summed E-state index contributed by atoms with van der Waals surface area (Å²) in [5, 5.41) is 2.87. The average molecular weight is 520 g/mol. The topological polar surface area (TPSA) is 106 Å². The van der Waals surface area contributed by atoms with Crippen molar-refractivity contribution in [3.63, 3.8) is 0 Å². The number of halogens is 1. The van der Waals surface area contributed by atoms with E-state index in [1.807, 2.05) is 0 Å². The predicted octanol–water partition coefficient (Wildman–Crippen LogP) is 2.82. The number of hydrogen-bond donors (Lipinski definition) is 1. The number of ketones is 1. The first-order chi connectivity index (χ1) is 16.1. The minimum Gasteiger partial charge on any atom is -0.347 e. The molecular weight excluding hydrogens is 498 g/mol. The number of benzene rings is 1. The molecule has 0 radical (unpaired) electrons. The molecule has 2 atom stereocenters. The summed E-state index contributed by atoms with van der Waals surface area (Å²) in [5.41, 5.74) is 0.894. The fraction of sp³-hybridized carbons (Fsp3) is 0.261. The van der Waals surface area contributed by atoms with Crippen LogP contribution in [0.5, 0.6) is 0 Å². The lowest BCUT2D eigenvalue weighted by atomic mass is 9.94. The molecule has 1 saturated heterocycles. The molecule has 0 aliphatic carbocycles. The van der Waals surface area contributed by atoms with Crippen LogP contribution in [-0.4, -0.2) is 54.4 Å². The molecule has 1 aromatic carbocycles. The second kappa shape index (κ2) is 9.83. The van der Waals surface area contributed by atoms with Gasteiger partial charge < -0.3 is 5.32 Å². The van der Waals surface area contributed by atoms with Gasteiger partial charge in [-0.2, -0.15) is 4.31 Å². The average Bonchev–Trinajstić information content (AvgIpc) is 3.40. The smallest absolute Gasteiger partial charge is 0.261 e. The molecule has 0 spiro atoms. The molecule has 2 unspecified atom stereocenters. The van der Waals surface area contributed by atoms with Crippen molar-refractivity contribution in [2.45, 2.75) is 12.5 Å². The number of aromatic nitrogens is 1. The number of pyridine rings is 1. The van der Waals surface area contributed by atoms with Gasteiger partial charge in [0.2, 0.25) is 10.0 Å². The van der Waals surface area contributed by atoms with Crippen LogP contribution in [0.15, 0.2) is 65.6 Å². The van der Waals surface area contributed by atoms with Crippen molar-refractivity contribution >= 4 is 44.7 Å². The van der Waals surface area contributed by atoms with Crippen LogP contribution >= 0.6 is 22.9 Å². The molecule has 2 aromatic heterocycles. The molecule has 4 rings (SSSR count). The highest BCUT2D eigenvalue weighted by Gasteiger charge is 2.39. The molecule has 1 N–H and O–H groups in total. The lowest BCUT2D eigenvalue weighted by Gasteiger charge is -2.19. The van der Waals surface area contributed by atoms with Gasteiger partial charge in [0.15, 0.2) is 5.78 Å². The fourth-order valence-corrected chi connectivity index (χ4v) is 5.79. The molecule has 0 saturated carbocycles. The number of sulfonamides is 1. The number of thiophene rings is 1. The Labute approximate surface area is 205 Å². The van der Waals surface area contributed by atoms with E-state index < -0.39 is 22.0 Å². The summed E-state index contributed by atoms with van der Waals surface area (Å²) < 4.78 is 27.5. The van der Waals surface area contributed by atoms with E-state index in [-0.39, 0.29) is 36.8 Å². The van der Waals surface area contributed by atoms with Crippen molar-refractivity contribution in [1.29, 1.82) is 0 Å². The van der Waals surface area contributed by atoms with Crippen LogP contribution in [0, 0.1) is 5.92 Å². The highest BCUT2D eigenvalue weighted by Crippen LogP contribution is 2.26. The summed E-state index contributed by atoms with van der Waals surface area (Å²) >= 11 is 7.04. The van der Waals surface area contributed by atoms with E-state index in [0.29, 0.717) is 20.5 Å². The molecule has 1 aliphatic heterocycles. The van der Waals surface area contributed by atoms with E-state index in [9.17, 15) is 22.8 Å². The lowest BCUT2D eigenvalue weighted by Crippen LogP contribution is -2.41. The van der Waals surface area contributed by atoms with Crippen molar-refractivity contribution in [2.24, 2.45) is 5.92 Å². The summed E-state index contributed by atoms with van der Waals surface area (Å²) in [6.07, 6.45) is 2.82. The Bertz CT molecular complexity index is 1380. The zero-order chi connectivity index (χ0) is 24.5. The summed E-state index contributed by atoms with van der Waals surface area (Å²) in [6.45, 7) is 0.232. The van der Waals surface area contributed by atoms with Crippen molar-refractivity contribution < 1.29 is 18.0 Å². The third-order valence-corrected chi connectivity index (χ3v) is 8.19. The predicted molar refractivity (Wildman–Crippen MR) is 131 cm³/mol. The molecule has 1 aliphatic rings. The Morgan fingerprint density at radius 2 is 1.82 bits per heavy atom. The summed E-state index contributed by atoms with van der Waals surface area (Å²) in [6, 6.07) is 14.2. The number of Topliss-reactive ketones (excluding diaryl/α,β-unsaturated/α-hetero) is 1. The SMILES string of the molecule is CS(=O)(=O)N1CC(CC(=O)c2ccc(-n3ccccc3=O)cc2)C(NC(=O)c2ccc(Cl)s2)C1. The first kappa shape index (κ1) is 24.3. The first-order valence-corrected chi connectivity index (χ1v) is 13.5. The molecule has 1 amide bonds. The van der Waals surface area contributed by atoms with Gasteiger partial charge in [0.05, 0.1) is 15.5 Å². The van der Waals surface area contributed by atoms with E-state index >= 15 is 0 Å². The molecule has 0 bridgehead atoms. The molecule has 34 heavy (non-hydrogen) atoms. The van der Waals surface area contributed by atoms with Gasteiger partial charge in [0.1, 0.15) is 0 Å². The number of hydrogen-bond acceptors (Lipinski definition) is 6. The van der Waals surface area contributed by atoms with Crippen LogP contribution in [-0.2, 0) is 10.0 Å². The van der Waals surface area contributed by atoms with Crippen LogP contribution < -0.4 is 10.9 Å². The van der Waals surface area contributed by atoms with Crippen LogP contribution in [0.2, 0.25) is 4.34 Å². The highest BCUT2D eigenvalue weighted by atomic mass is 35.5. The maximum absolute atomic E-state index is 13.0. The quantitative estimate of drug-likeness (QED) is 0.483. The number of carbonyl (C=O) groups is 2. The Morgan fingerprint density at radius 1 is 1.09 bits per heavy atom. The van der Waals surface area contributed by atoms with Gasteiger partial charge in [-0.3, -0.25) is 19.0 Å². The maximum Gasteiger partial charge on any atom is 0.261 e. The van der Waals surface area contributed by atoms with Crippen molar-refractivity contribution in [3.05, 3.63) is 85.9 Å². The molecule has 178 valence electrons. The number of amides is 1. The summed E-state index contributed by atoms with van der Waals surface area (Å²) in [7, 11) is -3.49. The second-order valence-corrected chi connectivity index (χ2v) is 11.8. The van der Waals surface area contributed by atoms with E-state index in [1.54, 1.807) is 54.7 Å². The zero-order valence-electron chi connectivity index (χ0n) is 18.2. The number of rotatable bonds is 7. The molecule has 1 fully saturated rings. The summed E-state index contributed by atoms with van der Waals surface area (Å²) in [4.78, 5) is 38.1. The van der Waals surface area contributed by atoms with Crippen LogP contribution in [0.3, 0.4) is 0 Å². The Kier molecular flexibility index (Phi) is 7.04. The van der Waals surface area contributed by atoms with Crippen LogP contribution in [0.4, 0.5) is 0 Å². The number of carbonyl (C=O) groups excluding carboxylic acids is 2. The number of nitrogens with one attached hydrogen (secondary N) is 1. The molecule has 3 heterocycles. The third kappa shape index (κ3) is 5.47. The van der Waals surface area contributed by atoms with Gasteiger partial charge in [-0.05, 0) is 42.5 Å². The monoisotopic (exact) mass is 519 g/mol. The first-order valence-electron chi connectivity index (χ1n) is 10.4. The second-order valence-electron chi connectivity index (χ2n) is 8.11. The number of nitrogens with zero attached hydrogens (tertiary/aromatic N) is 2. The maximum atomic E-state index is 13.0. The van der Waals surface area contributed by atoms with Gasteiger partial charge in [-0.1, -0.05) is 17.7 Å². The molecule has 8 nitrogen and oxygen atoms in total.